The van der Waals surface area contributed by atoms with Crippen molar-refractivity contribution in [1.29, 1.82) is 0 Å². The molecule has 0 aliphatic carbocycles. The van der Waals surface area contributed by atoms with Gasteiger partial charge in [0.2, 0.25) is 5.91 Å². The van der Waals surface area contributed by atoms with Gasteiger partial charge in [0.05, 0.1) is 10.0 Å². The van der Waals surface area contributed by atoms with Crippen molar-refractivity contribution in [3.63, 3.8) is 0 Å². The highest BCUT2D eigenvalue weighted by molar-refractivity contribution is 6.42. The molecule has 2 aromatic carbocycles. The van der Waals surface area contributed by atoms with E-state index >= 15 is 0 Å². The van der Waals surface area contributed by atoms with Crippen LogP contribution in [0.4, 0.5) is 5.69 Å². The molecular weight excluding hydrogens is 297 g/mol. The SMILES string of the molecule is O=C(/C=C/c1ccc(Cl)c(Cl)c1)Nc1cccc(O)c1. The third-order valence-corrected chi connectivity index (χ3v) is 3.22. The van der Waals surface area contributed by atoms with E-state index in [0.29, 0.717) is 15.7 Å². The molecule has 3 nitrogen and oxygen atoms in total. The van der Waals surface area contributed by atoms with Crippen molar-refractivity contribution in [2.75, 3.05) is 5.32 Å². The highest BCUT2D eigenvalue weighted by atomic mass is 35.5. The summed E-state index contributed by atoms with van der Waals surface area (Å²) >= 11 is 11.7. The van der Waals surface area contributed by atoms with Gasteiger partial charge in [-0.1, -0.05) is 35.3 Å². The monoisotopic (exact) mass is 307 g/mol. The number of phenolic OH excluding ortho intramolecular Hbond substituents is 1. The minimum Gasteiger partial charge on any atom is -0.508 e. The minimum atomic E-state index is -0.304. The van der Waals surface area contributed by atoms with Crippen LogP contribution in [0.5, 0.6) is 5.75 Å². The van der Waals surface area contributed by atoms with E-state index in [2.05, 4.69) is 5.32 Å². The van der Waals surface area contributed by atoms with Crippen molar-refractivity contribution in [3.05, 3.63) is 64.1 Å². The van der Waals surface area contributed by atoms with E-state index in [0.717, 1.165) is 5.56 Å². The molecule has 0 atom stereocenters. The van der Waals surface area contributed by atoms with Crippen LogP contribution in [0.2, 0.25) is 10.0 Å². The van der Waals surface area contributed by atoms with Crippen molar-refractivity contribution in [2.45, 2.75) is 0 Å². The summed E-state index contributed by atoms with van der Waals surface area (Å²) in [6.07, 6.45) is 3.00. The third-order valence-electron chi connectivity index (χ3n) is 2.48. The molecular formula is C15H11Cl2NO2. The Morgan fingerprint density at radius 1 is 1.10 bits per heavy atom. The number of hydrogen-bond donors (Lipinski definition) is 2. The van der Waals surface area contributed by atoms with Gasteiger partial charge in [-0.3, -0.25) is 4.79 Å². The number of carbonyl (C=O) groups excluding carboxylic acids is 1. The quantitative estimate of drug-likeness (QED) is 0.828. The fourth-order valence-electron chi connectivity index (χ4n) is 1.56. The van der Waals surface area contributed by atoms with Crippen molar-refractivity contribution in [1.82, 2.24) is 0 Å². The van der Waals surface area contributed by atoms with Gasteiger partial charge in [-0.25, -0.2) is 0 Å². The molecule has 20 heavy (non-hydrogen) atoms. The first kappa shape index (κ1) is 14.4. The van der Waals surface area contributed by atoms with Crippen LogP contribution in [0.3, 0.4) is 0 Å². The number of hydrogen-bond acceptors (Lipinski definition) is 2. The molecule has 0 heterocycles. The number of halogens is 2. The lowest BCUT2D eigenvalue weighted by molar-refractivity contribution is -0.111. The first-order valence-electron chi connectivity index (χ1n) is 5.78. The number of amides is 1. The summed E-state index contributed by atoms with van der Waals surface area (Å²) in [5.74, 6) is -0.210. The Morgan fingerprint density at radius 3 is 2.60 bits per heavy atom. The average Bonchev–Trinajstić information content (AvgIpc) is 2.40. The molecule has 2 aromatic rings. The fraction of sp³-hybridized carbons (Fsp3) is 0. The molecule has 0 saturated heterocycles. The maximum Gasteiger partial charge on any atom is 0.248 e. The highest BCUT2D eigenvalue weighted by Crippen LogP contribution is 2.23. The van der Waals surface area contributed by atoms with Gasteiger partial charge in [0.25, 0.3) is 0 Å². The van der Waals surface area contributed by atoms with Crippen LogP contribution in [0.25, 0.3) is 6.08 Å². The predicted molar refractivity (Wildman–Crippen MR) is 82.2 cm³/mol. The molecule has 0 fully saturated rings. The molecule has 0 saturated carbocycles. The maximum atomic E-state index is 11.7. The van der Waals surface area contributed by atoms with E-state index in [1.807, 2.05) is 0 Å². The Morgan fingerprint density at radius 2 is 1.90 bits per heavy atom. The molecule has 0 bridgehead atoms. The fourth-order valence-corrected chi connectivity index (χ4v) is 1.86. The molecule has 1 amide bonds. The normalized spacial score (nSPS) is 10.7. The van der Waals surface area contributed by atoms with E-state index in [1.54, 1.807) is 36.4 Å². The summed E-state index contributed by atoms with van der Waals surface area (Å²) in [7, 11) is 0. The zero-order valence-corrected chi connectivity index (χ0v) is 11.8. The lowest BCUT2D eigenvalue weighted by Crippen LogP contribution is -2.07. The first-order valence-corrected chi connectivity index (χ1v) is 6.53. The lowest BCUT2D eigenvalue weighted by Gasteiger charge is -2.02. The molecule has 0 aliphatic heterocycles. The topological polar surface area (TPSA) is 49.3 Å². The Hall–Kier alpha value is -1.97. The van der Waals surface area contributed by atoms with Gasteiger partial charge in [0, 0.05) is 17.8 Å². The number of rotatable bonds is 3. The van der Waals surface area contributed by atoms with Crippen LogP contribution in [0.1, 0.15) is 5.56 Å². The molecule has 0 spiro atoms. The van der Waals surface area contributed by atoms with E-state index in [1.165, 1.54) is 18.2 Å². The van der Waals surface area contributed by atoms with E-state index in [4.69, 9.17) is 23.2 Å². The average molecular weight is 308 g/mol. The van der Waals surface area contributed by atoms with E-state index in [9.17, 15) is 9.90 Å². The molecule has 2 rings (SSSR count). The Labute approximate surface area is 126 Å². The summed E-state index contributed by atoms with van der Waals surface area (Å²) in [4.78, 5) is 11.7. The number of carbonyl (C=O) groups is 1. The maximum absolute atomic E-state index is 11.7. The number of anilines is 1. The van der Waals surface area contributed by atoms with Crippen molar-refractivity contribution in [2.24, 2.45) is 0 Å². The Kier molecular flexibility index (Phi) is 4.66. The van der Waals surface area contributed by atoms with Crippen molar-refractivity contribution >= 4 is 40.9 Å². The molecule has 0 radical (unpaired) electrons. The Bertz CT molecular complexity index is 669. The summed E-state index contributed by atoms with van der Waals surface area (Å²) in [5.41, 5.74) is 1.29. The summed E-state index contributed by atoms with van der Waals surface area (Å²) < 4.78 is 0. The summed E-state index contributed by atoms with van der Waals surface area (Å²) in [6.45, 7) is 0. The lowest BCUT2D eigenvalue weighted by atomic mass is 10.2. The van der Waals surface area contributed by atoms with Crippen LogP contribution in [0.15, 0.2) is 48.5 Å². The van der Waals surface area contributed by atoms with Crippen LogP contribution in [-0.4, -0.2) is 11.0 Å². The van der Waals surface area contributed by atoms with Crippen molar-refractivity contribution in [3.8, 4) is 5.75 Å². The van der Waals surface area contributed by atoms with E-state index in [-0.39, 0.29) is 11.7 Å². The third kappa shape index (κ3) is 4.02. The zero-order valence-electron chi connectivity index (χ0n) is 10.3. The van der Waals surface area contributed by atoms with Gasteiger partial charge in [0.15, 0.2) is 0 Å². The number of nitrogens with one attached hydrogen (secondary N) is 1. The molecule has 0 aliphatic rings. The second-order valence-electron chi connectivity index (χ2n) is 4.05. The van der Waals surface area contributed by atoms with Crippen LogP contribution in [-0.2, 0) is 4.79 Å². The molecule has 2 N–H and O–H groups in total. The number of phenols is 1. The van der Waals surface area contributed by atoms with Crippen LogP contribution >= 0.6 is 23.2 Å². The summed E-state index contributed by atoms with van der Waals surface area (Å²) in [5, 5.41) is 12.8. The smallest absolute Gasteiger partial charge is 0.248 e. The van der Waals surface area contributed by atoms with Gasteiger partial charge < -0.3 is 10.4 Å². The van der Waals surface area contributed by atoms with Gasteiger partial charge >= 0.3 is 0 Å². The molecule has 0 aromatic heterocycles. The minimum absolute atomic E-state index is 0.0938. The summed E-state index contributed by atoms with van der Waals surface area (Å²) in [6, 6.07) is 11.4. The molecule has 5 heteroatoms. The number of aromatic hydroxyl groups is 1. The predicted octanol–water partition coefficient (Wildman–Crippen LogP) is 4.35. The van der Waals surface area contributed by atoms with Crippen LogP contribution < -0.4 is 5.32 Å². The largest absolute Gasteiger partial charge is 0.508 e. The Balaban J connectivity index is 2.03. The van der Waals surface area contributed by atoms with Gasteiger partial charge in [-0.15, -0.1) is 0 Å². The second kappa shape index (κ2) is 6.46. The van der Waals surface area contributed by atoms with Crippen LogP contribution in [0, 0.1) is 0 Å². The van der Waals surface area contributed by atoms with Gasteiger partial charge in [0.1, 0.15) is 5.75 Å². The molecule has 0 unspecified atom stereocenters. The first-order chi connectivity index (χ1) is 9.54. The van der Waals surface area contributed by atoms with Gasteiger partial charge in [-0.2, -0.15) is 0 Å². The number of benzene rings is 2. The van der Waals surface area contributed by atoms with E-state index < -0.39 is 0 Å². The molecule has 102 valence electrons. The second-order valence-corrected chi connectivity index (χ2v) is 4.86. The standard InChI is InChI=1S/C15H11Cl2NO2/c16-13-6-4-10(8-14(13)17)5-7-15(20)18-11-2-1-3-12(19)9-11/h1-9,19H,(H,18,20)/b7-5+. The zero-order chi connectivity index (χ0) is 14.5. The van der Waals surface area contributed by atoms with Gasteiger partial charge in [-0.05, 0) is 35.9 Å². The highest BCUT2D eigenvalue weighted by Gasteiger charge is 2.00. The van der Waals surface area contributed by atoms with Crippen molar-refractivity contribution < 1.29 is 9.90 Å².